The number of rotatable bonds is 5. The van der Waals surface area contributed by atoms with Crippen LogP contribution in [0.5, 0.6) is 0 Å². The summed E-state index contributed by atoms with van der Waals surface area (Å²) in [6, 6.07) is 12.4. The van der Waals surface area contributed by atoms with Crippen molar-refractivity contribution in [3.63, 3.8) is 0 Å². The summed E-state index contributed by atoms with van der Waals surface area (Å²) in [6.45, 7) is 4.10. The van der Waals surface area contributed by atoms with E-state index in [4.69, 9.17) is 0 Å². The van der Waals surface area contributed by atoms with Crippen LogP contribution in [-0.4, -0.2) is 57.6 Å². The minimum atomic E-state index is -0.292. The van der Waals surface area contributed by atoms with Crippen molar-refractivity contribution in [2.75, 3.05) is 31.9 Å². The molecule has 0 atom stereocenters. The summed E-state index contributed by atoms with van der Waals surface area (Å²) in [5.41, 5.74) is 1.79. The monoisotopic (exact) mass is 410 g/mol. The van der Waals surface area contributed by atoms with Crippen LogP contribution >= 0.6 is 11.8 Å². The Morgan fingerprint density at radius 2 is 1.97 bits per heavy atom. The smallest absolute Gasteiger partial charge is 0.232 e. The predicted octanol–water partition coefficient (Wildman–Crippen LogP) is 3.60. The Hall–Kier alpha value is -2.51. The lowest BCUT2D eigenvalue weighted by atomic mass is 10.2. The summed E-state index contributed by atoms with van der Waals surface area (Å²) in [4.78, 5) is 26.6. The van der Waals surface area contributed by atoms with E-state index in [-0.39, 0.29) is 11.7 Å². The highest BCUT2D eigenvalue weighted by Gasteiger charge is 2.20. The van der Waals surface area contributed by atoms with E-state index in [0.717, 1.165) is 60.6 Å². The van der Waals surface area contributed by atoms with Crippen LogP contribution in [0.3, 0.4) is 0 Å². The number of benzene rings is 1. The lowest BCUT2D eigenvalue weighted by Crippen LogP contribution is -2.36. The Morgan fingerprint density at radius 1 is 1.03 bits per heavy atom. The highest BCUT2D eigenvalue weighted by Crippen LogP contribution is 2.27. The molecule has 0 N–H and O–H groups in total. The van der Waals surface area contributed by atoms with Gasteiger partial charge in [0.05, 0.1) is 17.0 Å². The molecule has 0 aliphatic carbocycles. The van der Waals surface area contributed by atoms with Gasteiger partial charge in [-0.2, -0.15) is 0 Å². The molecular weight excluding hydrogens is 387 g/mol. The molecule has 0 bridgehead atoms. The van der Waals surface area contributed by atoms with Gasteiger partial charge in [0.15, 0.2) is 0 Å². The van der Waals surface area contributed by atoms with Crippen molar-refractivity contribution in [3.05, 3.63) is 66.4 Å². The fourth-order valence-electron chi connectivity index (χ4n) is 3.55. The molecule has 150 valence electrons. The third-order valence-corrected chi connectivity index (χ3v) is 6.13. The van der Waals surface area contributed by atoms with Crippen LogP contribution < -0.4 is 0 Å². The van der Waals surface area contributed by atoms with E-state index >= 15 is 0 Å². The number of fused-ring (bicyclic) bond motifs is 1. The zero-order valence-electron chi connectivity index (χ0n) is 16.1. The van der Waals surface area contributed by atoms with E-state index in [1.165, 1.54) is 23.9 Å². The molecule has 1 fully saturated rings. The van der Waals surface area contributed by atoms with Crippen molar-refractivity contribution in [2.24, 2.45) is 0 Å². The van der Waals surface area contributed by atoms with Crippen LogP contribution in [0.1, 0.15) is 12.1 Å². The Balaban J connectivity index is 1.34. The minimum absolute atomic E-state index is 0.121. The first-order valence-corrected chi connectivity index (χ1v) is 10.7. The summed E-state index contributed by atoms with van der Waals surface area (Å²) in [5.74, 6) is 0.172. The summed E-state index contributed by atoms with van der Waals surface area (Å²) in [6.07, 6.45) is 4.47. The highest BCUT2D eigenvalue weighted by molar-refractivity contribution is 8.00. The van der Waals surface area contributed by atoms with Gasteiger partial charge >= 0.3 is 0 Å². The largest absolute Gasteiger partial charge is 0.341 e. The number of hydrogen-bond acceptors (Lipinski definition) is 5. The SMILES string of the molecule is O=C(CSc1ccnc2ccc(F)cc12)N1CCCN(Cc2ccccn2)CC1. The first kappa shape index (κ1) is 19.8. The van der Waals surface area contributed by atoms with Crippen molar-refractivity contribution in [1.29, 1.82) is 0 Å². The van der Waals surface area contributed by atoms with Crippen LogP contribution in [0.25, 0.3) is 10.9 Å². The van der Waals surface area contributed by atoms with Gasteiger partial charge in [0.2, 0.25) is 5.91 Å². The van der Waals surface area contributed by atoms with Crippen LogP contribution in [0, 0.1) is 5.82 Å². The van der Waals surface area contributed by atoms with Crippen LogP contribution in [-0.2, 0) is 11.3 Å². The van der Waals surface area contributed by atoms with Gasteiger partial charge in [-0.05, 0) is 42.8 Å². The third-order valence-electron chi connectivity index (χ3n) is 5.07. The van der Waals surface area contributed by atoms with Crippen LogP contribution in [0.2, 0.25) is 0 Å². The second-order valence-electron chi connectivity index (χ2n) is 7.09. The zero-order chi connectivity index (χ0) is 20.1. The molecule has 5 nitrogen and oxygen atoms in total. The Kier molecular flexibility index (Phi) is 6.36. The van der Waals surface area contributed by atoms with E-state index in [1.54, 1.807) is 12.3 Å². The lowest BCUT2D eigenvalue weighted by Gasteiger charge is -2.22. The minimum Gasteiger partial charge on any atom is -0.341 e. The summed E-state index contributed by atoms with van der Waals surface area (Å²) in [5, 5.41) is 0.753. The Labute approximate surface area is 173 Å². The molecule has 4 rings (SSSR count). The van der Waals surface area contributed by atoms with Crippen molar-refractivity contribution in [2.45, 2.75) is 17.9 Å². The van der Waals surface area contributed by atoms with E-state index in [1.807, 2.05) is 35.4 Å². The van der Waals surface area contributed by atoms with E-state index in [9.17, 15) is 9.18 Å². The number of hydrogen-bond donors (Lipinski definition) is 0. The maximum absolute atomic E-state index is 13.6. The Morgan fingerprint density at radius 3 is 2.83 bits per heavy atom. The van der Waals surface area contributed by atoms with Crippen molar-refractivity contribution >= 4 is 28.6 Å². The predicted molar refractivity (Wildman–Crippen MR) is 113 cm³/mol. The summed E-state index contributed by atoms with van der Waals surface area (Å²) >= 11 is 1.45. The molecule has 1 aliphatic heterocycles. The number of nitrogens with zero attached hydrogens (tertiary/aromatic N) is 4. The van der Waals surface area contributed by atoms with Gasteiger partial charge in [-0.1, -0.05) is 6.07 Å². The van der Waals surface area contributed by atoms with Crippen LogP contribution in [0.15, 0.2) is 59.8 Å². The third kappa shape index (κ3) is 5.10. The van der Waals surface area contributed by atoms with Crippen LogP contribution in [0.4, 0.5) is 4.39 Å². The Bertz CT molecular complexity index is 985. The van der Waals surface area contributed by atoms with Gasteiger partial charge in [0, 0.05) is 55.4 Å². The number of amides is 1. The molecule has 0 unspecified atom stereocenters. The quantitative estimate of drug-likeness (QED) is 0.602. The van der Waals surface area contributed by atoms with Gasteiger partial charge in [-0.3, -0.25) is 19.7 Å². The first-order valence-electron chi connectivity index (χ1n) is 9.76. The molecule has 1 saturated heterocycles. The maximum Gasteiger partial charge on any atom is 0.232 e. The van der Waals surface area contributed by atoms with Gasteiger partial charge in [-0.25, -0.2) is 4.39 Å². The van der Waals surface area contributed by atoms with Crippen molar-refractivity contribution < 1.29 is 9.18 Å². The molecule has 1 aliphatic rings. The normalized spacial score (nSPS) is 15.4. The molecule has 2 aromatic heterocycles. The average Bonchev–Trinajstić information content (AvgIpc) is 2.98. The number of carbonyl (C=O) groups excluding carboxylic acids is 1. The molecule has 0 radical (unpaired) electrons. The molecule has 0 spiro atoms. The second-order valence-corrected chi connectivity index (χ2v) is 8.11. The van der Waals surface area contributed by atoms with Crippen molar-refractivity contribution in [1.82, 2.24) is 19.8 Å². The van der Waals surface area contributed by atoms with Crippen molar-refractivity contribution in [3.8, 4) is 0 Å². The molecule has 7 heteroatoms. The van der Waals surface area contributed by atoms with E-state index < -0.39 is 0 Å². The maximum atomic E-state index is 13.6. The fourth-order valence-corrected chi connectivity index (χ4v) is 4.49. The van der Waals surface area contributed by atoms with Gasteiger partial charge in [0.25, 0.3) is 0 Å². The molecule has 29 heavy (non-hydrogen) atoms. The second kappa shape index (κ2) is 9.33. The average molecular weight is 411 g/mol. The number of thioether (sulfide) groups is 1. The first-order chi connectivity index (χ1) is 14.2. The fraction of sp³-hybridized carbons (Fsp3) is 0.318. The number of halogens is 1. The standard InChI is InChI=1S/C22H23FN4OS/c23-17-5-6-20-19(14-17)21(7-9-25-20)29-16-22(28)27-11-3-10-26(12-13-27)15-18-4-1-2-8-24-18/h1-2,4-9,14H,3,10-13,15-16H2. The van der Waals surface area contributed by atoms with E-state index in [0.29, 0.717) is 5.75 Å². The zero-order valence-corrected chi connectivity index (χ0v) is 16.9. The molecule has 3 heterocycles. The van der Waals surface area contributed by atoms with Gasteiger partial charge in [-0.15, -0.1) is 11.8 Å². The lowest BCUT2D eigenvalue weighted by molar-refractivity contribution is -0.128. The number of carbonyl (C=O) groups is 1. The summed E-state index contributed by atoms with van der Waals surface area (Å²) in [7, 11) is 0. The number of aromatic nitrogens is 2. The van der Waals surface area contributed by atoms with Gasteiger partial charge < -0.3 is 4.90 Å². The highest BCUT2D eigenvalue weighted by atomic mass is 32.2. The summed E-state index contributed by atoms with van der Waals surface area (Å²) < 4.78 is 13.6. The molecular formula is C22H23FN4OS. The number of pyridine rings is 2. The van der Waals surface area contributed by atoms with E-state index in [2.05, 4.69) is 14.9 Å². The molecule has 1 amide bonds. The topological polar surface area (TPSA) is 49.3 Å². The molecule has 1 aromatic carbocycles. The molecule has 3 aromatic rings. The van der Waals surface area contributed by atoms with Gasteiger partial charge in [0.1, 0.15) is 5.82 Å². The molecule has 0 saturated carbocycles.